The highest BCUT2D eigenvalue weighted by molar-refractivity contribution is 5.94. The number of aromatic nitrogens is 3. The third-order valence-corrected chi connectivity index (χ3v) is 13.6. The molecule has 1 aromatic heterocycles. The summed E-state index contributed by atoms with van der Waals surface area (Å²) in [5, 5.41) is 0. The minimum Gasteiger partial charge on any atom is -0.208 e. The van der Waals surface area contributed by atoms with Gasteiger partial charge in [-0.3, -0.25) is 0 Å². The van der Waals surface area contributed by atoms with E-state index in [4.69, 9.17) is 15.0 Å². The minimum absolute atomic E-state index is 0.497. The zero-order valence-corrected chi connectivity index (χ0v) is 33.7. The van der Waals surface area contributed by atoms with E-state index in [0.717, 1.165) is 27.8 Å². The summed E-state index contributed by atoms with van der Waals surface area (Å²) in [7, 11) is 0. The molecule has 62 heavy (non-hydrogen) atoms. The molecule has 288 valence electrons. The first-order valence-corrected chi connectivity index (χ1v) is 21.4. The molecule has 0 N–H and O–H groups in total. The third kappa shape index (κ3) is 4.68. The average molecular weight is 788 g/mol. The Balaban J connectivity index is 1.08. The van der Waals surface area contributed by atoms with Gasteiger partial charge in [0.2, 0.25) is 0 Å². The summed E-state index contributed by atoms with van der Waals surface area (Å²) in [5.74, 6) is 1.92. The minimum atomic E-state index is -0.616. The largest absolute Gasteiger partial charge is 0.208 e. The highest BCUT2D eigenvalue weighted by Gasteiger charge is 2.58. The van der Waals surface area contributed by atoms with E-state index < -0.39 is 10.8 Å². The van der Waals surface area contributed by atoms with Gasteiger partial charge in [-0.25, -0.2) is 15.0 Å². The van der Waals surface area contributed by atoms with Crippen molar-refractivity contribution in [1.29, 1.82) is 0 Å². The summed E-state index contributed by atoms with van der Waals surface area (Å²) < 4.78 is 0. The summed E-state index contributed by atoms with van der Waals surface area (Å²) in [5.41, 5.74) is 19.5. The van der Waals surface area contributed by atoms with Gasteiger partial charge in [0.05, 0.1) is 10.8 Å². The fourth-order valence-electron chi connectivity index (χ4n) is 11.2. The van der Waals surface area contributed by atoms with Crippen LogP contribution in [0.2, 0.25) is 0 Å². The van der Waals surface area contributed by atoms with E-state index in [2.05, 4.69) is 200 Å². The van der Waals surface area contributed by atoms with Gasteiger partial charge < -0.3 is 0 Å². The zero-order chi connectivity index (χ0) is 40.8. The Labute approximate surface area is 360 Å². The molecule has 0 unspecified atom stereocenters. The van der Waals surface area contributed by atoms with Crippen LogP contribution in [0, 0.1) is 0 Å². The Morgan fingerprint density at radius 1 is 0.210 bits per heavy atom. The van der Waals surface area contributed by atoms with E-state index in [-0.39, 0.29) is 0 Å². The van der Waals surface area contributed by atoms with Crippen molar-refractivity contribution in [1.82, 2.24) is 15.0 Å². The van der Waals surface area contributed by atoms with Crippen molar-refractivity contribution in [2.45, 2.75) is 10.8 Å². The van der Waals surface area contributed by atoms with E-state index in [1.54, 1.807) is 0 Å². The van der Waals surface area contributed by atoms with Gasteiger partial charge in [-0.2, -0.15) is 0 Å². The van der Waals surface area contributed by atoms with Gasteiger partial charge in [0.15, 0.2) is 17.5 Å². The first kappa shape index (κ1) is 34.8. The first-order valence-electron chi connectivity index (χ1n) is 21.4. The van der Waals surface area contributed by atoms with Gasteiger partial charge >= 0.3 is 0 Å². The molecule has 9 aromatic carbocycles. The predicted molar refractivity (Wildman–Crippen MR) is 250 cm³/mol. The Hall–Kier alpha value is -8.01. The molecule has 0 radical (unpaired) electrons. The van der Waals surface area contributed by atoms with Gasteiger partial charge in [0.1, 0.15) is 0 Å². The SMILES string of the molecule is c1ccc(-c2cccc(-c3nc(-c4ccccc4)nc(-c4ccc5c(c4)C4(c6ccccc6-5)c5ccccc5C5(c6ccccc6-c6ccccc65)c5ccccc54)n3)c2)cc1. The molecule has 3 aliphatic carbocycles. The third-order valence-electron chi connectivity index (χ3n) is 13.6. The molecule has 0 amide bonds. The number of fused-ring (bicyclic) bond motifs is 16. The Morgan fingerprint density at radius 3 is 1.05 bits per heavy atom. The first-order chi connectivity index (χ1) is 30.7. The predicted octanol–water partition coefficient (Wildman–Crippen LogP) is 13.6. The van der Waals surface area contributed by atoms with Crippen molar-refractivity contribution in [3.63, 3.8) is 0 Å². The lowest BCUT2D eigenvalue weighted by Gasteiger charge is -2.48. The van der Waals surface area contributed by atoms with Gasteiger partial charge in [-0.05, 0) is 90.0 Å². The van der Waals surface area contributed by atoms with Gasteiger partial charge in [-0.1, -0.05) is 212 Å². The highest BCUT2D eigenvalue weighted by atomic mass is 15.0. The standard InChI is InChI=1S/C59H37N3/c1-3-18-38(19-4-1)40-22-17-23-41(36-40)56-60-55(39-20-5-2-6-21-39)61-57(62-56)42-34-35-46-45-26-9-12-29-49(45)59(54(46)37-42)52-32-15-13-30-50(52)58(51-31-14-16-33-53(51)59)47-27-10-7-24-43(47)44-25-8-11-28-48(44)58/h1-37H. The van der Waals surface area contributed by atoms with Crippen LogP contribution < -0.4 is 0 Å². The molecular formula is C59H37N3. The summed E-state index contributed by atoms with van der Waals surface area (Å²) in [4.78, 5) is 15.7. The number of nitrogens with zero attached hydrogens (tertiary/aromatic N) is 3. The molecule has 0 aliphatic heterocycles. The molecule has 2 spiro atoms. The summed E-state index contributed by atoms with van der Waals surface area (Å²) >= 11 is 0. The van der Waals surface area contributed by atoms with Crippen molar-refractivity contribution in [2.24, 2.45) is 0 Å². The fraction of sp³-hybridized carbons (Fsp3) is 0.0339. The Bertz CT molecular complexity index is 3330. The lowest BCUT2D eigenvalue weighted by Crippen LogP contribution is -2.43. The average Bonchev–Trinajstić information content (AvgIpc) is 3.82. The second-order valence-corrected chi connectivity index (χ2v) is 16.6. The molecule has 3 aliphatic rings. The van der Waals surface area contributed by atoms with Crippen LogP contribution in [0.15, 0.2) is 224 Å². The van der Waals surface area contributed by atoms with Crippen LogP contribution in [-0.2, 0) is 10.8 Å². The van der Waals surface area contributed by atoms with Crippen molar-refractivity contribution < 1.29 is 0 Å². The van der Waals surface area contributed by atoms with Crippen molar-refractivity contribution in [2.75, 3.05) is 0 Å². The monoisotopic (exact) mass is 787 g/mol. The van der Waals surface area contributed by atoms with E-state index in [0.29, 0.717) is 17.5 Å². The molecule has 0 atom stereocenters. The number of hydrogen-bond acceptors (Lipinski definition) is 3. The van der Waals surface area contributed by atoms with Gasteiger partial charge in [-0.15, -0.1) is 0 Å². The maximum absolute atomic E-state index is 5.32. The number of benzene rings is 9. The second-order valence-electron chi connectivity index (χ2n) is 16.6. The van der Waals surface area contributed by atoms with Crippen LogP contribution in [0.5, 0.6) is 0 Å². The number of hydrogen-bond donors (Lipinski definition) is 0. The van der Waals surface area contributed by atoms with Crippen LogP contribution in [0.3, 0.4) is 0 Å². The molecule has 0 saturated heterocycles. The molecule has 0 saturated carbocycles. The lowest BCUT2D eigenvalue weighted by atomic mass is 9.52. The number of rotatable bonds is 4. The van der Waals surface area contributed by atoms with E-state index in [1.807, 2.05) is 24.3 Å². The van der Waals surface area contributed by atoms with Crippen molar-refractivity contribution >= 4 is 0 Å². The zero-order valence-electron chi connectivity index (χ0n) is 33.7. The normalized spacial score (nSPS) is 14.1. The highest BCUT2D eigenvalue weighted by Crippen LogP contribution is 2.67. The van der Waals surface area contributed by atoms with Crippen LogP contribution in [0.25, 0.3) is 67.5 Å². The molecule has 10 aromatic rings. The van der Waals surface area contributed by atoms with Crippen LogP contribution in [0.1, 0.15) is 44.5 Å². The Kier molecular flexibility index (Phi) is 7.44. The molecule has 1 heterocycles. The van der Waals surface area contributed by atoms with Crippen LogP contribution in [-0.4, -0.2) is 15.0 Å². The fourth-order valence-corrected chi connectivity index (χ4v) is 11.2. The molecule has 3 nitrogen and oxygen atoms in total. The van der Waals surface area contributed by atoms with E-state index >= 15 is 0 Å². The molecular weight excluding hydrogens is 751 g/mol. The lowest BCUT2D eigenvalue weighted by molar-refractivity contribution is 0.633. The molecule has 13 rings (SSSR count). The summed E-state index contributed by atoms with van der Waals surface area (Å²) in [6.07, 6.45) is 0. The smallest absolute Gasteiger partial charge is 0.164 e. The Morgan fingerprint density at radius 2 is 0.548 bits per heavy atom. The van der Waals surface area contributed by atoms with Gasteiger partial charge in [0, 0.05) is 16.7 Å². The van der Waals surface area contributed by atoms with Crippen LogP contribution >= 0.6 is 0 Å². The maximum Gasteiger partial charge on any atom is 0.164 e. The van der Waals surface area contributed by atoms with Crippen molar-refractivity contribution in [3.8, 4) is 67.5 Å². The van der Waals surface area contributed by atoms with Crippen LogP contribution in [0.4, 0.5) is 0 Å². The maximum atomic E-state index is 5.32. The molecule has 0 bridgehead atoms. The van der Waals surface area contributed by atoms with E-state index in [9.17, 15) is 0 Å². The quantitative estimate of drug-likeness (QED) is 0.178. The summed E-state index contributed by atoms with van der Waals surface area (Å²) in [6.45, 7) is 0. The molecule has 3 heteroatoms. The van der Waals surface area contributed by atoms with Crippen molar-refractivity contribution in [3.05, 3.63) is 269 Å². The van der Waals surface area contributed by atoms with Gasteiger partial charge in [0.25, 0.3) is 0 Å². The van der Waals surface area contributed by atoms with E-state index in [1.165, 1.54) is 66.8 Å². The topological polar surface area (TPSA) is 38.7 Å². The second kappa shape index (κ2) is 13.2. The summed E-state index contributed by atoms with van der Waals surface area (Å²) in [6, 6.07) is 81.7. The molecule has 0 fully saturated rings.